The molecule has 116 valence electrons. The molecule has 3 heterocycles. The standard InChI is InChI=1S/C15H21BrN2O3/c16-12-9-14(18-3-7-21-8-4-18)13(17-11-12)10-15(19)1-5-20-6-2-15/h9,11,19H,1-8,10H2. The molecule has 1 aromatic heterocycles. The normalized spacial score (nSPS) is 22.3. The Hall–Kier alpha value is -0.690. The van der Waals surface area contributed by atoms with Crippen LogP contribution in [0.1, 0.15) is 18.5 Å². The number of halogens is 1. The molecule has 5 nitrogen and oxygen atoms in total. The van der Waals surface area contributed by atoms with Crippen LogP contribution in [0, 0.1) is 0 Å². The molecule has 1 N–H and O–H groups in total. The summed E-state index contributed by atoms with van der Waals surface area (Å²) in [4.78, 5) is 6.85. The summed E-state index contributed by atoms with van der Waals surface area (Å²) in [5.41, 5.74) is 1.37. The first-order chi connectivity index (χ1) is 10.2. The van der Waals surface area contributed by atoms with E-state index in [9.17, 15) is 5.11 Å². The van der Waals surface area contributed by atoms with Crippen LogP contribution in [0.25, 0.3) is 0 Å². The van der Waals surface area contributed by atoms with E-state index in [1.54, 1.807) is 0 Å². The topological polar surface area (TPSA) is 54.8 Å². The first kappa shape index (κ1) is 15.2. The SMILES string of the molecule is OC1(Cc2ncc(Br)cc2N2CCOCC2)CCOCC1. The van der Waals surface area contributed by atoms with Gasteiger partial charge < -0.3 is 19.5 Å². The van der Waals surface area contributed by atoms with Crippen molar-refractivity contribution >= 4 is 21.6 Å². The monoisotopic (exact) mass is 356 g/mol. The summed E-state index contributed by atoms with van der Waals surface area (Å²) in [5.74, 6) is 0. The summed E-state index contributed by atoms with van der Waals surface area (Å²) >= 11 is 3.50. The van der Waals surface area contributed by atoms with Crippen molar-refractivity contribution in [2.45, 2.75) is 24.9 Å². The van der Waals surface area contributed by atoms with Crippen molar-refractivity contribution in [1.29, 1.82) is 0 Å². The quantitative estimate of drug-likeness (QED) is 0.894. The minimum absolute atomic E-state index is 0.580. The van der Waals surface area contributed by atoms with E-state index in [0.717, 1.165) is 42.2 Å². The van der Waals surface area contributed by atoms with Crippen molar-refractivity contribution in [1.82, 2.24) is 4.98 Å². The fourth-order valence-corrected chi connectivity index (χ4v) is 3.23. The molecule has 0 unspecified atom stereocenters. The number of hydrogen-bond donors (Lipinski definition) is 1. The highest BCUT2D eigenvalue weighted by molar-refractivity contribution is 9.10. The molecule has 0 saturated carbocycles. The Morgan fingerprint density at radius 2 is 1.86 bits per heavy atom. The van der Waals surface area contributed by atoms with Crippen LogP contribution in [0.5, 0.6) is 0 Å². The molecule has 2 fully saturated rings. The zero-order valence-electron chi connectivity index (χ0n) is 12.1. The van der Waals surface area contributed by atoms with Gasteiger partial charge in [0, 0.05) is 43.4 Å². The number of aliphatic hydroxyl groups is 1. The lowest BCUT2D eigenvalue weighted by Crippen LogP contribution is -2.40. The molecule has 0 aliphatic carbocycles. The van der Waals surface area contributed by atoms with E-state index in [1.165, 1.54) is 0 Å². The second-order valence-corrected chi connectivity index (χ2v) is 6.65. The minimum atomic E-state index is -0.694. The van der Waals surface area contributed by atoms with Gasteiger partial charge in [-0.3, -0.25) is 4.98 Å². The van der Waals surface area contributed by atoms with Gasteiger partial charge in [0.05, 0.1) is 30.2 Å². The lowest BCUT2D eigenvalue weighted by molar-refractivity contribution is -0.0630. The van der Waals surface area contributed by atoms with Gasteiger partial charge >= 0.3 is 0 Å². The number of pyridine rings is 1. The Kier molecular flexibility index (Phi) is 4.78. The van der Waals surface area contributed by atoms with Crippen molar-refractivity contribution in [2.75, 3.05) is 44.4 Å². The Balaban J connectivity index is 1.83. The van der Waals surface area contributed by atoms with Crippen molar-refractivity contribution in [3.8, 4) is 0 Å². The third-order valence-electron chi connectivity index (χ3n) is 4.19. The van der Waals surface area contributed by atoms with Crippen molar-refractivity contribution in [3.63, 3.8) is 0 Å². The Labute approximate surface area is 133 Å². The van der Waals surface area contributed by atoms with Crippen LogP contribution in [0.3, 0.4) is 0 Å². The third kappa shape index (κ3) is 3.74. The summed E-state index contributed by atoms with van der Waals surface area (Å²) in [7, 11) is 0. The molecule has 3 rings (SSSR count). The van der Waals surface area contributed by atoms with Crippen LogP contribution in [0.15, 0.2) is 16.7 Å². The maximum atomic E-state index is 10.7. The Morgan fingerprint density at radius 3 is 2.57 bits per heavy atom. The van der Waals surface area contributed by atoms with Crippen molar-refractivity contribution in [3.05, 3.63) is 22.4 Å². The number of ether oxygens (including phenoxy) is 2. The second-order valence-electron chi connectivity index (χ2n) is 5.73. The molecule has 2 aliphatic rings. The van der Waals surface area contributed by atoms with Crippen LogP contribution in [-0.4, -0.2) is 55.2 Å². The summed E-state index contributed by atoms with van der Waals surface area (Å²) in [5, 5.41) is 10.7. The van der Waals surface area contributed by atoms with Crippen molar-refractivity contribution in [2.24, 2.45) is 0 Å². The molecular weight excluding hydrogens is 336 g/mol. The second kappa shape index (κ2) is 6.60. The predicted molar refractivity (Wildman–Crippen MR) is 83.7 cm³/mol. The summed E-state index contributed by atoms with van der Waals surface area (Å²) in [6.07, 6.45) is 3.74. The van der Waals surface area contributed by atoms with E-state index in [4.69, 9.17) is 9.47 Å². The van der Waals surface area contributed by atoms with Gasteiger partial charge in [0.1, 0.15) is 0 Å². The number of rotatable bonds is 3. The van der Waals surface area contributed by atoms with E-state index in [2.05, 4.69) is 31.9 Å². The van der Waals surface area contributed by atoms with Crippen LogP contribution >= 0.6 is 15.9 Å². The van der Waals surface area contributed by atoms with Crippen LogP contribution < -0.4 is 4.90 Å². The molecule has 6 heteroatoms. The molecular formula is C15H21BrN2O3. The molecule has 0 amide bonds. The van der Waals surface area contributed by atoms with Crippen LogP contribution in [0.4, 0.5) is 5.69 Å². The van der Waals surface area contributed by atoms with Gasteiger partial charge in [0.15, 0.2) is 0 Å². The lowest BCUT2D eigenvalue weighted by Gasteiger charge is -2.35. The average Bonchev–Trinajstić information content (AvgIpc) is 2.50. The third-order valence-corrected chi connectivity index (χ3v) is 4.62. The smallest absolute Gasteiger partial charge is 0.0747 e. The number of morpholine rings is 1. The lowest BCUT2D eigenvalue weighted by atomic mass is 9.88. The van der Waals surface area contributed by atoms with E-state index in [1.807, 2.05) is 6.20 Å². The van der Waals surface area contributed by atoms with Gasteiger partial charge in [-0.25, -0.2) is 0 Å². The summed E-state index contributed by atoms with van der Waals surface area (Å²) < 4.78 is 11.7. The number of hydrogen-bond acceptors (Lipinski definition) is 5. The molecule has 0 aromatic carbocycles. The maximum absolute atomic E-state index is 10.7. The molecule has 0 radical (unpaired) electrons. The van der Waals surface area contributed by atoms with E-state index < -0.39 is 5.60 Å². The average molecular weight is 357 g/mol. The number of nitrogens with zero attached hydrogens (tertiary/aromatic N) is 2. The zero-order valence-corrected chi connectivity index (χ0v) is 13.6. The van der Waals surface area contributed by atoms with Crippen LogP contribution in [0.2, 0.25) is 0 Å². The largest absolute Gasteiger partial charge is 0.389 e. The fourth-order valence-electron chi connectivity index (χ4n) is 2.91. The first-order valence-corrected chi connectivity index (χ1v) is 8.23. The van der Waals surface area contributed by atoms with Gasteiger partial charge in [-0.2, -0.15) is 0 Å². The molecule has 0 atom stereocenters. The highest BCUT2D eigenvalue weighted by atomic mass is 79.9. The molecule has 0 bridgehead atoms. The number of aromatic nitrogens is 1. The van der Waals surface area contributed by atoms with Gasteiger partial charge in [-0.05, 0) is 34.8 Å². The molecule has 1 aromatic rings. The molecule has 2 saturated heterocycles. The molecule has 21 heavy (non-hydrogen) atoms. The van der Waals surface area contributed by atoms with Crippen LogP contribution in [-0.2, 0) is 15.9 Å². The van der Waals surface area contributed by atoms with Gasteiger partial charge in [-0.1, -0.05) is 0 Å². The highest BCUT2D eigenvalue weighted by Crippen LogP contribution is 2.30. The zero-order chi connectivity index (χ0) is 14.7. The van der Waals surface area contributed by atoms with Gasteiger partial charge in [0.2, 0.25) is 0 Å². The van der Waals surface area contributed by atoms with E-state index in [-0.39, 0.29) is 0 Å². The maximum Gasteiger partial charge on any atom is 0.0747 e. The van der Waals surface area contributed by atoms with E-state index >= 15 is 0 Å². The Morgan fingerprint density at radius 1 is 1.19 bits per heavy atom. The van der Waals surface area contributed by atoms with Gasteiger partial charge in [0.25, 0.3) is 0 Å². The predicted octanol–water partition coefficient (Wildman–Crippen LogP) is 1.76. The fraction of sp³-hybridized carbons (Fsp3) is 0.667. The van der Waals surface area contributed by atoms with Gasteiger partial charge in [-0.15, -0.1) is 0 Å². The summed E-state index contributed by atoms with van der Waals surface area (Å²) in [6, 6.07) is 2.09. The highest BCUT2D eigenvalue weighted by Gasteiger charge is 2.32. The molecule has 2 aliphatic heterocycles. The molecule has 0 spiro atoms. The minimum Gasteiger partial charge on any atom is -0.389 e. The number of anilines is 1. The van der Waals surface area contributed by atoms with Crippen molar-refractivity contribution < 1.29 is 14.6 Å². The van der Waals surface area contributed by atoms with E-state index in [0.29, 0.717) is 32.5 Å². The first-order valence-electron chi connectivity index (χ1n) is 7.44. The Bertz CT molecular complexity index is 486. The summed E-state index contributed by atoms with van der Waals surface area (Å²) in [6.45, 7) is 4.47.